The molecule has 0 radical (unpaired) electrons. The van der Waals surface area contributed by atoms with Crippen molar-refractivity contribution < 1.29 is 28.8 Å². The summed E-state index contributed by atoms with van der Waals surface area (Å²) in [5.41, 5.74) is 0. The van der Waals surface area contributed by atoms with E-state index in [0.29, 0.717) is 0 Å². The van der Waals surface area contributed by atoms with Crippen molar-refractivity contribution in [3.05, 3.63) is 6.42 Å². The van der Waals surface area contributed by atoms with E-state index in [9.17, 15) is 0 Å². The summed E-state index contributed by atoms with van der Waals surface area (Å²) in [6, 6.07) is 0. The summed E-state index contributed by atoms with van der Waals surface area (Å²) in [4.78, 5) is 8.36. The minimum Gasteiger partial charge on any atom is -0.483 e. The Morgan fingerprint density at radius 3 is 2.30 bits per heavy atom. The van der Waals surface area contributed by atoms with Crippen LogP contribution < -0.4 is 24.2 Å². The van der Waals surface area contributed by atoms with Gasteiger partial charge in [0.05, 0.1) is 0 Å². The molecule has 1 fully saturated rings. The quantitative estimate of drug-likeness (QED) is 0.217. The first-order chi connectivity index (χ1) is 4.41. The van der Waals surface area contributed by atoms with Crippen molar-refractivity contribution in [2.45, 2.75) is 12.8 Å². The average molecular weight is 137 g/mol. The number of hydrogen-bond acceptors (Lipinski definition) is 2. The fraction of sp³-hybridized carbons (Fsp3) is 0.667. The van der Waals surface area contributed by atoms with Gasteiger partial charge in [0.25, 0.3) is 6.47 Å². The number of carboxylic acid groups (broad SMARTS) is 1. The van der Waals surface area contributed by atoms with Crippen molar-refractivity contribution in [2.75, 3.05) is 13.1 Å². The summed E-state index contributed by atoms with van der Waals surface area (Å²) in [6.07, 6.45) is 4.93. The van der Waals surface area contributed by atoms with Gasteiger partial charge in [0, 0.05) is 0 Å². The van der Waals surface area contributed by atoms with Crippen LogP contribution in [0.4, 0.5) is 0 Å². The zero-order valence-electron chi connectivity index (χ0n) is 6.34. The van der Waals surface area contributed by atoms with Crippen LogP contribution in [-0.4, -0.2) is 24.7 Å². The Balaban J connectivity index is 0. The largest absolute Gasteiger partial charge is 1.00 e. The average Bonchev–Trinajstić information content (AvgIpc) is 1.93. The molecule has 1 heterocycles. The third-order valence-electron chi connectivity index (χ3n) is 1.05. The molecule has 0 aromatic rings. The second-order valence-electron chi connectivity index (χ2n) is 1.74. The number of hydrogen-bond donors (Lipinski definition) is 2. The van der Waals surface area contributed by atoms with E-state index in [4.69, 9.17) is 9.90 Å². The van der Waals surface area contributed by atoms with Gasteiger partial charge in [-0.2, -0.15) is 6.42 Å². The van der Waals surface area contributed by atoms with Gasteiger partial charge >= 0.3 is 18.9 Å². The minimum absolute atomic E-state index is 0. The topological polar surface area (TPSA) is 49.3 Å². The van der Waals surface area contributed by atoms with E-state index in [1.165, 1.54) is 19.4 Å². The molecule has 4 heteroatoms. The van der Waals surface area contributed by atoms with E-state index in [2.05, 4.69) is 11.7 Å². The Morgan fingerprint density at radius 1 is 1.60 bits per heavy atom. The maximum atomic E-state index is 8.36. The van der Waals surface area contributed by atoms with Crippen molar-refractivity contribution in [1.82, 2.24) is 5.32 Å². The smallest absolute Gasteiger partial charge is 0.483 e. The monoisotopic (exact) mass is 137 g/mol. The fourth-order valence-electron chi connectivity index (χ4n) is 0.678. The van der Waals surface area contributed by atoms with Crippen molar-refractivity contribution in [3.8, 4) is 0 Å². The van der Waals surface area contributed by atoms with E-state index >= 15 is 0 Å². The van der Waals surface area contributed by atoms with Gasteiger partial charge in [0.15, 0.2) is 0 Å². The summed E-state index contributed by atoms with van der Waals surface area (Å²) in [5, 5.41) is 10.1. The molecular weight excluding hydrogens is 125 g/mol. The predicted octanol–water partition coefficient (Wildman–Crippen LogP) is -2.72. The molecule has 0 spiro atoms. The standard InChI is InChI=1S/C5H10N.CH2O2.Li/c1-2-4-6-5-3-1;2-1-3;/h2,6H,1,3-5H2;1H,(H,2,3);/q-1;;+1. The van der Waals surface area contributed by atoms with Gasteiger partial charge in [-0.3, -0.25) is 4.79 Å². The van der Waals surface area contributed by atoms with Crippen LogP contribution in [0.1, 0.15) is 12.8 Å². The van der Waals surface area contributed by atoms with E-state index in [0.717, 1.165) is 6.54 Å². The molecule has 1 aliphatic rings. The number of carbonyl (C=O) groups is 1. The zero-order chi connectivity index (χ0) is 6.95. The molecule has 0 saturated carbocycles. The Bertz CT molecular complexity index is 55.3. The van der Waals surface area contributed by atoms with Gasteiger partial charge in [-0.15, -0.1) is 6.54 Å². The maximum absolute atomic E-state index is 8.36. The van der Waals surface area contributed by atoms with Gasteiger partial charge in [-0.1, -0.05) is 6.42 Å². The van der Waals surface area contributed by atoms with E-state index in [1.54, 1.807) is 0 Å². The van der Waals surface area contributed by atoms with Gasteiger partial charge < -0.3 is 16.8 Å². The Morgan fingerprint density at radius 2 is 2.20 bits per heavy atom. The Kier molecular flexibility index (Phi) is 14.9. The fourth-order valence-corrected chi connectivity index (χ4v) is 0.678. The van der Waals surface area contributed by atoms with E-state index < -0.39 is 0 Å². The molecule has 0 aromatic heterocycles. The second kappa shape index (κ2) is 11.8. The summed E-state index contributed by atoms with van der Waals surface area (Å²) in [5.74, 6) is 0. The summed E-state index contributed by atoms with van der Waals surface area (Å²) < 4.78 is 0. The molecule has 0 amide bonds. The molecule has 0 atom stereocenters. The third kappa shape index (κ3) is 10.9. The van der Waals surface area contributed by atoms with Gasteiger partial charge in [-0.25, -0.2) is 0 Å². The molecule has 0 aromatic carbocycles. The minimum atomic E-state index is -0.250. The van der Waals surface area contributed by atoms with Gasteiger partial charge in [0.1, 0.15) is 0 Å². The van der Waals surface area contributed by atoms with Crippen LogP contribution >= 0.6 is 0 Å². The predicted molar refractivity (Wildman–Crippen MR) is 35.1 cm³/mol. The second-order valence-corrected chi connectivity index (χ2v) is 1.74. The van der Waals surface area contributed by atoms with Crippen molar-refractivity contribution >= 4 is 6.47 Å². The first-order valence-corrected chi connectivity index (χ1v) is 3.02. The van der Waals surface area contributed by atoms with Crippen LogP contribution in [0.15, 0.2) is 0 Å². The molecule has 0 aliphatic carbocycles. The summed E-state index contributed by atoms with van der Waals surface area (Å²) >= 11 is 0. The first-order valence-electron chi connectivity index (χ1n) is 3.02. The number of rotatable bonds is 0. The molecule has 10 heavy (non-hydrogen) atoms. The van der Waals surface area contributed by atoms with Crippen LogP contribution in [-0.2, 0) is 4.79 Å². The normalized spacial score (nSPS) is 15.6. The molecule has 54 valence electrons. The molecule has 1 rings (SSSR count). The van der Waals surface area contributed by atoms with Crippen molar-refractivity contribution in [1.29, 1.82) is 0 Å². The summed E-state index contributed by atoms with van der Waals surface area (Å²) in [7, 11) is 0. The third-order valence-corrected chi connectivity index (χ3v) is 1.05. The molecular formula is C6H12LiNO2. The summed E-state index contributed by atoms with van der Waals surface area (Å²) in [6.45, 7) is 2.09. The molecule has 2 N–H and O–H groups in total. The van der Waals surface area contributed by atoms with E-state index in [1.807, 2.05) is 0 Å². The Labute approximate surface area is 73.4 Å². The van der Waals surface area contributed by atoms with Crippen LogP contribution in [0.25, 0.3) is 0 Å². The van der Waals surface area contributed by atoms with Crippen molar-refractivity contribution in [2.24, 2.45) is 0 Å². The van der Waals surface area contributed by atoms with Crippen LogP contribution in [0.2, 0.25) is 0 Å². The SMILES string of the molecule is O=CO.[CH-]1CCCNC1.[Li+]. The molecule has 0 bridgehead atoms. The molecule has 3 nitrogen and oxygen atoms in total. The van der Waals surface area contributed by atoms with Crippen LogP contribution in [0, 0.1) is 6.42 Å². The number of piperidine rings is 1. The molecule has 1 saturated heterocycles. The molecule has 1 aliphatic heterocycles. The van der Waals surface area contributed by atoms with Gasteiger partial charge in [0.2, 0.25) is 0 Å². The zero-order valence-corrected chi connectivity index (χ0v) is 6.34. The van der Waals surface area contributed by atoms with Crippen LogP contribution in [0.5, 0.6) is 0 Å². The molecule has 0 unspecified atom stereocenters. The number of nitrogens with one attached hydrogen (secondary N) is 1. The van der Waals surface area contributed by atoms with Gasteiger partial charge in [-0.05, 0) is 6.54 Å². The van der Waals surface area contributed by atoms with Crippen molar-refractivity contribution in [3.63, 3.8) is 0 Å². The Hall–Kier alpha value is 0.0274. The first kappa shape index (κ1) is 12.7. The van der Waals surface area contributed by atoms with Crippen LogP contribution in [0.3, 0.4) is 0 Å². The van der Waals surface area contributed by atoms with E-state index in [-0.39, 0.29) is 25.3 Å². The maximum Gasteiger partial charge on any atom is 1.00 e.